The van der Waals surface area contributed by atoms with E-state index in [1.165, 1.54) is 0 Å². The standard InChI is InChI=1S/C33H46N2O9/c1-32(2,3)26(20-36)34-28(37)27(35-30(39)44-33(4,5)6)25(29(38)42-21-23-14-9-7-10-15-23)18-13-19-41-31(40)43-22-24-16-11-8-12-17-24/h7-12,14-17,25-27,36H,13,18-22H2,1-6H3,(H,34,37)(H,35,39). The highest BCUT2D eigenvalue weighted by Gasteiger charge is 2.39. The van der Waals surface area contributed by atoms with Gasteiger partial charge < -0.3 is 34.7 Å². The average Bonchev–Trinajstić information content (AvgIpc) is 2.96. The normalized spacial score (nSPS) is 13.5. The minimum absolute atomic E-state index is 0.00673. The molecule has 0 aromatic heterocycles. The smallest absolute Gasteiger partial charge is 0.461 e. The van der Waals surface area contributed by atoms with Gasteiger partial charge in [-0.05, 0) is 50.2 Å². The fraction of sp³-hybridized carbons (Fsp3) is 0.515. The molecule has 0 bridgehead atoms. The number of rotatable bonds is 14. The first-order valence-electron chi connectivity index (χ1n) is 14.6. The largest absolute Gasteiger partial charge is 0.508 e. The fourth-order valence-electron chi connectivity index (χ4n) is 4.05. The highest BCUT2D eigenvalue weighted by atomic mass is 16.7. The molecule has 44 heavy (non-hydrogen) atoms. The predicted molar refractivity (Wildman–Crippen MR) is 163 cm³/mol. The van der Waals surface area contributed by atoms with Gasteiger partial charge in [-0.2, -0.15) is 0 Å². The van der Waals surface area contributed by atoms with E-state index in [9.17, 15) is 24.3 Å². The summed E-state index contributed by atoms with van der Waals surface area (Å²) in [5.41, 5.74) is 0.127. The van der Waals surface area contributed by atoms with Crippen molar-refractivity contribution in [3.05, 3.63) is 71.8 Å². The van der Waals surface area contributed by atoms with Gasteiger partial charge in [-0.3, -0.25) is 9.59 Å². The van der Waals surface area contributed by atoms with Crippen molar-refractivity contribution in [2.75, 3.05) is 13.2 Å². The van der Waals surface area contributed by atoms with Crippen molar-refractivity contribution in [3.8, 4) is 0 Å². The van der Waals surface area contributed by atoms with Crippen LogP contribution in [-0.4, -0.2) is 60.1 Å². The Balaban J connectivity index is 2.21. The Bertz CT molecular complexity index is 1190. The number of carbonyl (C=O) groups is 4. The van der Waals surface area contributed by atoms with Crippen molar-refractivity contribution in [2.24, 2.45) is 11.3 Å². The molecule has 3 atom stereocenters. The lowest BCUT2D eigenvalue weighted by Crippen LogP contribution is -2.58. The summed E-state index contributed by atoms with van der Waals surface area (Å²) >= 11 is 0. The number of aliphatic hydroxyl groups excluding tert-OH is 1. The number of nitrogens with one attached hydrogen (secondary N) is 2. The molecule has 2 aromatic carbocycles. The summed E-state index contributed by atoms with van der Waals surface area (Å²) in [6.07, 6.45) is -1.63. The van der Waals surface area contributed by atoms with E-state index in [-0.39, 0.29) is 39.3 Å². The molecule has 0 saturated carbocycles. The summed E-state index contributed by atoms with van der Waals surface area (Å²) in [6, 6.07) is 16.0. The number of carbonyl (C=O) groups excluding carboxylic acids is 4. The molecule has 11 heteroatoms. The Kier molecular flexibility index (Phi) is 14.1. The van der Waals surface area contributed by atoms with Gasteiger partial charge in [0.25, 0.3) is 0 Å². The molecule has 0 aliphatic rings. The van der Waals surface area contributed by atoms with Crippen LogP contribution in [-0.2, 0) is 41.8 Å². The Hall–Kier alpha value is -4.12. The highest BCUT2D eigenvalue weighted by molar-refractivity contribution is 5.91. The third-order valence-corrected chi connectivity index (χ3v) is 6.51. The lowest BCUT2D eigenvalue weighted by Gasteiger charge is -2.33. The van der Waals surface area contributed by atoms with E-state index in [0.29, 0.717) is 0 Å². The molecule has 0 spiro atoms. The van der Waals surface area contributed by atoms with Crippen LogP contribution in [0.2, 0.25) is 0 Å². The molecular formula is C33H46N2O9. The summed E-state index contributed by atoms with van der Waals surface area (Å²) in [5.74, 6) is -2.63. The zero-order chi connectivity index (χ0) is 32.8. The van der Waals surface area contributed by atoms with Gasteiger partial charge in [0.1, 0.15) is 24.9 Å². The fourth-order valence-corrected chi connectivity index (χ4v) is 4.05. The number of aliphatic hydroxyl groups is 1. The monoisotopic (exact) mass is 614 g/mol. The molecule has 0 aliphatic carbocycles. The van der Waals surface area contributed by atoms with E-state index in [1.54, 1.807) is 45.0 Å². The van der Waals surface area contributed by atoms with Crippen LogP contribution < -0.4 is 10.6 Å². The summed E-state index contributed by atoms with van der Waals surface area (Å²) < 4.78 is 21.3. The molecule has 2 amide bonds. The molecule has 0 saturated heterocycles. The van der Waals surface area contributed by atoms with Crippen LogP contribution in [0.4, 0.5) is 9.59 Å². The molecule has 3 N–H and O–H groups in total. The third-order valence-electron chi connectivity index (χ3n) is 6.51. The maximum atomic E-state index is 13.6. The van der Waals surface area contributed by atoms with Crippen molar-refractivity contribution in [2.45, 2.75) is 85.3 Å². The van der Waals surface area contributed by atoms with Gasteiger partial charge in [0.2, 0.25) is 5.91 Å². The van der Waals surface area contributed by atoms with Crippen molar-refractivity contribution in [1.29, 1.82) is 0 Å². The van der Waals surface area contributed by atoms with E-state index in [1.807, 2.05) is 57.2 Å². The van der Waals surface area contributed by atoms with Gasteiger partial charge in [0.15, 0.2) is 0 Å². The second-order valence-corrected chi connectivity index (χ2v) is 12.4. The number of ether oxygens (including phenoxy) is 4. The van der Waals surface area contributed by atoms with Crippen LogP contribution in [0.25, 0.3) is 0 Å². The molecule has 0 heterocycles. The van der Waals surface area contributed by atoms with E-state index in [4.69, 9.17) is 18.9 Å². The number of hydrogen-bond donors (Lipinski definition) is 3. The molecule has 0 fully saturated rings. The second-order valence-electron chi connectivity index (χ2n) is 12.4. The van der Waals surface area contributed by atoms with E-state index >= 15 is 0 Å². The Morgan fingerprint density at radius 2 is 1.32 bits per heavy atom. The molecular weight excluding hydrogens is 568 g/mol. The van der Waals surface area contributed by atoms with Gasteiger partial charge in [-0.25, -0.2) is 9.59 Å². The molecule has 0 radical (unpaired) electrons. The summed E-state index contributed by atoms with van der Waals surface area (Å²) in [5, 5.41) is 15.2. The molecule has 242 valence electrons. The van der Waals surface area contributed by atoms with Crippen LogP contribution in [0.5, 0.6) is 0 Å². The number of esters is 1. The van der Waals surface area contributed by atoms with Crippen molar-refractivity contribution in [3.63, 3.8) is 0 Å². The minimum atomic E-state index is -1.42. The summed E-state index contributed by atoms with van der Waals surface area (Å²) in [7, 11) is 0. The lowest BCUT2D eigenvalue weighted by molar-refractivity contribution is -0.153. The number of alkyl carbamates (subject to hydrolysis) is 1. The molecule has 2 aromatic rings. The van der Waals surface area contributed by atoms with E-state index in [0.717, 1.165) is 11.1 Å². The second kappa shape index (κ2) is 17.2. The summed E-state index contributed by atoms with van der Waals surface area (Å²) in [6.45, 7) is 10.0. The van der Waals surface area contributed by atoms with E-state index in [2.05, 4.69) is 10.6 Å². The topological polar surface area (TPSA) is 149 Å². The van der Waals surface area contributed by atoms with Crippen molar-refractivity contribution < 1.29 is 43.2 Å². The number of hydrogen-bond acceptors (Lipinski definition) is 9. The first-order chi connectivity index (χ1) is 20.7. The zero-order valence-corrected chi connectivity index (χ0v) is 26.5. The first kappa shape index (κ1) is 36.1. The van der Waals surface area contributed by atoms with Gasteiger partial charge in [-0.15, -0.1) is 0 Å². The van der Waals surface area contributed by atoms with Crippen LogP contribution in [0.15, 0.2) is 60.7 Å². The van der Waals surface area contributed by atoms with Crippen molar-refractivity contribution >= 4 is 24.1 Å². The third kappa shape index (κ3) is 13.5. The van der Waals surface area contributed by atoms with Gasteiger partial charge in [0, 0.05) is 0 Å². The predicted octanol–water partition coefficient (Wildman–Crippen LogP) is 4.90. The lowest BCUT2D eigenvalue weighted by atomic mass is 9.86. The molecule has 3 unspecified atom stereocenters. The van der Waals surface area contributed by atoms with Gasteiger partial charge >= 0.3 is 18.2 Å². The van der Waals surface area contributed by atoms with Gasteiger partial charge in [-0.1, -0.05) is 81.4 Å². The minimum Gasteiger partial charge on any atom is -0.461 e. The quantitative estimate of drug-likeness (QED) is 0.153. The van der Waals surface area contributed by atoms with E-state index < -0.39 is 53.1 Å². The molecule has 11 nitrogen and oxygen atoms in total. The van der Waals surface area contributed by atoms with Crippen LogP contribution in [0.1, 0.15) is 65.5 Å². The van der Waals surface area contributed by atoms with Crippen LogP contribution in [0.3, 0.4) is 0 Å². The Labute approximate surface area is 259 Å². The Morgan fingerprint density at radius 1 is 0.773 bits per heavy atom. The zero-order valence-electron chi connectivity index (χ0n) is 26.5. The maximum absolute atomic E-state index is 13.6. The van der Waals surface area contributed by atoms with Crippen LogP contribution >= 0.6 is 0 Å². The average molecular weight is 615 g/mol. The first-order valence-corrected chi connectivity index (χ1v) is 14.6. The SMILES string of the molecule is CC(C)(C)OC(=O)NC(C(=O)NC(CO)C(C)(C)C)C(CCCOC(=O)OCc1ccccc1)C(=O)OCc1ccccc1. The molecule has 2 rings (SSSR count). The van der Waals surface area contributed by atoms with Crippen LogP contribution in [0, 0.1) is 11.3 Å². The van der Waals surface area contributed by atoms with Crippen molar-refractivity contribution in [1.82, 2.24) is 10.6 Å². The maximum Gasteiger partial charge on any atom is 0.508 e. The number of amides is 2. The highest BCUT2D eigenvalue weighted by Crippen LogP contribution is 2.22. The Morgan fingerprint density at radius 3 is 1.82 bits per heavy atom. The molecule has 0 aliphatic heterocycles. The number of benzene rings is 2. The van der Waals surface area contributed by atoms with Gasteiger partial charge in [0.05, 0.1) is 25.2 Å². The summed E-state index contributed by atoms with van der Waals surface area (Å²) in [4.78, 5) is 52.1.